The molecule has 1 aromatic heterocycles. The third-order valence-corrected chi connectivity index (χ3v) is 5.05. The van der Waals surface area contributed by atoms with E-state index in [0.717, 1.165) is 32.0 Å². The van der Waals surface area contributed by atoms with E-state index in [9.17, 15) is 4.79 Å². The van der Waals surface area contributed by atoms with Crippen LogP contribution in [-0.2, 0) is 4.74 Å². The topological polar surface area (TPSA) is 72.3 Å². The molecule has 7 nitrogen and oxygen atoms in total. The maximum atomic E-state index is 12.0. The van der Waals surface area contributed by atoms with Gasteiger partial charge in [-0.2, -0.15) is 0 Å². The number of hydrogen-bond donors (Lipinski definition) is 1. The van der Waals surface area contributed by atoms with Gasteiger partial charge in [-0.1, -0.05) is 18.1 Å². The first-order valence-electron chi connectivity index (χ1n) is 8.71. The third-order valence-electron chi connectivity index (χ3n) is 5.05. The lowest BCUT2D eigenvalue weighted by atomic mass is 10.0. The van der Waals surface area contributed by atoms with Gasteiger partial charge in [0.15, 0.2) is 5.69 Å². The van der Waals surface area contributed by atoms with Gasteiger partial charge in [0.1, 0.15) is 0 Å². The molecule has 1 amide bonds. The first kappa shape index (κ1) is 16.4. The van der Waals surface area contributed by atoms with Crippen molar-refractivity contribution in [2.45, 2.75) is 50.6 Å². The van der Waals surface area contributed by atoms with Crippen LogP contribution in [0, 0.1) is 0 Å². The smallest absolute Gasteiger partial charge is 0.273 e. The van der Waals surface area contributed by atoms with Crippen LogP contribution in [0.1, 0.15) is 55.1 Å². The highest BCUT2D eigenvalue weighted by molar-refractivity contribution is 5.91. The summed E-state index contributed by atoms with van der Waals surface area (Å²) < 4.78 is 6.79. The average molecular weight is 321 g/mol. The third kappa shape index (κ3) is 4.09. The molecule has 1 saturated carbocycles. The van der Waals surface area contributed by atoms with Gasteiger partial charge >= 0.3 is 0 Å². The van der Waals surface area contributed by atoms with Gasteiger partial charge in [-0.3, -0.25) is 4.79 Å². The van der Waals surface area contributed by atoms with Gasteiger partial charge in [0.25, 0.3) is 5.91 Å². The number of ether oxygens (including phenoxy) is 1. The highest BCUT2D eigenvalue weighted by atomic mass is 16.5. The van der Waals surface area contributed by atoms with Crippen LogP contribution in [0.15, 0.2) is 6.20 Å². The Hall–Kier alpha value is -1.47. The summed E-state index contributed by atoms with van der Waals surface area (Å²) in [4.78, 5) is 14.6. The van der Waals surface area contributed by atoms with Gasteiger partial charge in [-0.05, 0) is 25.7 Å². The van der Waals surface area contributed by atoms with Gasteiger partial charge in [0.2, 0.25) is 0 Å². The molecule has 0 spiro atoms. The number of carbonyl (C=O) groups excluding carboxylic acids is 1. The molecule has 7 heteroatoms. The second kappa shape index (κ2) is 7.88. The number of methoxy groups -OCH3 is 1. The summed E-state index contributed by atoms with van der Waals surface area (Å²) in [5, 5.41) is 11.0. The molecule has 3 rings (SSSR count). The normalized spacial score (nSPS) is 20.9. The zero-order valence-electron chi connectivity index (χ0n) is 13.9. The zero-order valence-corrected chi connectivity index (χ0v) is 13.9. The lowest BCUT2D eigenvalue weighted by Crippen LogP contribution is -2.40. The summed E-state index contributed by atoms with van der Waals surface area (Å²) in [7, 11) is 1.61. The lowest BCUT2D eigenvalue weighted by molar-refractivity contribution is 0.0932. The molecule has 0 atom stereocenters. The number of hydrogen-bond acceptors (Lipinski definition) is 5. The summed E-state index contributed by atoms with van der Waals surface area (Å²) >= 11 is 0. The maximum Gasteiger partial charge on any atom is 0.273 e. The molecule has 0 unspecified atom stereocenters. The summed E-state index contributed by atoms with van der Waals surface area (Å²) in [6, 6.07) is 1.16. The molecule has 1 N–H and O–H groups in total. The van der Waals surface area contributed by atoms with E-state index in [0.29, 0.717) is 24.9 Å². The predicted octanol–water partition coefficient (Wildman–Crippen LogP) is 1.23. The first-order valence-corrected chi connectivity index (χ1v) is 8.71. The number of rotatable bonds is 6. The minimum atomic E-state index is -0.184. The lowest BCUT2D eigenvalue weighted by Gasteiger charge is -2.35. The fourth-order valence-corrected chi connectivity index (χ4v) is 3.70. The van der Waals surface area contributed by atoms with E-state index >= 15 is 0 Å². The van der Waals surface area contributed by atoms with Crippen molar-refractivity contribution < 1.29 is 9.53 Å². The van der Waals surface area contributed by atoms with E-state index in [1.807, 2.05) is 4.68 Å². The predicted molar refractivity (Wildman–Crippen MR) is 86.3 cm³/mol. The number of nitrogens with zero attached hydrogens (tertiary/aromatic N) is 4. The van der Waals surface area contributed by atoms with E-state index in [2.05, 4.69) is 20.5 Å². The minimum Gasteiger partial charge on any atom is -0.383 e. The van der Waals surface area contributed by atoms with Crippen LogP contribution >= 0.6 is 0 Å². The second-order valence-corrected chi connectivity index (χ2v) is 6.54. The molecule has 1 aliphatic heterocycles. The zero-order chi connectivity index (χ0) is 16.1. The van der Waals surface area contributed by atoms with E-state index < -0.39 is 0 Å². The van der Waals surface area contributed by atoms with Gasteiger partial charge in [0, 0.05) is 32.8 Å². The summed E-state index contributed by atoms with van der Waals surface area (Å²) in [5.41, 5.74) is 0.388. The van der Waals surface area contributed by atoms with Crippen LogP contribution in [0.5, 0.6) is 0 Å². The van der Waals surface area contributed by atoms with Crippen LogP contribution in [0.2, 0.25) is 0 Å². The van der Waals surface area contributed by atoms with E-state index in [-0.39, 0.29) is 5.91 Å². The van der Waals surface area contributed by atoms with Crippen molar-refractivity contribution in [1.29, 1.82) is 0 Å². The highest BCUT2D eigenvalue weighted by Gasteiger charge is 2.28. The van der Waals surface area contributed by atoms with Crippen molar-refractivity contribution in [1.82, 2.24) is 25.2 Å². The number of nitrogens with one attached hydrogen (secondary N) is 1. The van der Waals surface area contributed by atoms with Gasteiger partial charge in [-0.25, -0.2) is 4.68 Å². The Kier molecular flexibility index (Phi) is 5.61. The summed E-state index contributed by atoms with van der Waals surface area (Å²) in [6.45, 7) is 3.25. The van der Waals surface area contributed by atoms with Crippen LogP contribution in [-0.4, -0.2) is 65.2 Å². The Morgan fingerprint density at radius 1 is 1.26 bits per heavy atom. The van der Waals surface area contributed by atoms with Crippen molar-refractivity contribution in [3.05, 3.63) is 11.9 Å². The SMILES string of the molecule is COCCNC(=O)c1cn(C2CCN(C3CCCC3)CC2)nn1. The molecule has 1 aromatic rings. The molecule has 2 aliphatic rings. The minimum absolute atomic E-state index is 0.184. The van der Waals surface area contributed by atoms with E-state index in [4.69, 9.17) is 4.74 Å². The number of aromatic nitrogens is 3. The molecule has 23 heavy (non-hydrogen) atoms. The molecular weight excluding hydrogens is 294 g/mol. The molecule has 0 radical (unpaired) electrons. The molecule has 2 heterocycles. The molecular formula is C16H27N5O2. The van der Waals surface area contributed by atoms with E-state index in [1.165, 1.54) is 25.7 Å². The fraction of sp³-hybridized carbons (Fsp3) is 0.812. The molecule has 0 bridgehead atoms. The summed E-state index contributed by atoms with van der Waals surface area (Å²) in [5.74, 6) is -0.184. The first-order chi connectivity index (χ1) is 11.3. The Bertz CT molecular complexity index is 504. The monoisotopic (exact) mass is 321 g/mol. The molecule has 128 valence electrons. The van der Waals surface area contributed by atoms with Crippen molar-refractivity contribution >= 4 is 5.91 Å². The Balaban J connectivity index is 1.49. The van der Waals surface area contributed by atoms with Crippen molar-refractivity contribution in [2.75, 3.05) is 33.4 Å². The van der Waals surface area contributed by atoms with Gasteiger partial charge in [-0.15, -0.1) is 5.10 Å². The average Bonchev–Trinajstić information content (AvgIpc) is 3.27. The van der Waals surface area contributed by atoms with Crippen LogP contribution < -0.4 is 5.32 Å². The largest absolute Gasteiger partial charge is 0.383 e. The van der Waals surface area contributed by atoms with Crippen LogP contribution in [0.4, 0.5) is 0 Å². The van der Waals surface area contributed by atoms with Crippen LogP contribution in [0.25, 0.3) is 0 Å². The number of amides is 1. The quantitative estimate of drug-likeness (QED) is 0.798. The van der Waals surface area contributed by atoms with Crippen molar-refractivity contribution in [3.8, 4) is 0 Å². The standard InChI is InChI=1S/C16H27N5O2/c1-23-11-8-17-16(22)15-12-21(19-18-15)14-6-9-20(10-7-14)13-4-2-3-5-13/h12-14H,2-11H2,1H3,(H,17,22). The molecule has 1 aliphatic carbocycles. The highest BCUT2D eigenvalue weighted by Crippen LogP contribution is 2.29. The summed E-state index contributed by atoms with van der Waals surface area (Å²) in [6.07, 6.45) is 9.44. The molecule has 2 fully saturated rings. The van der Waals surface area contributed by atoms with Crippen LogP contribution in [0.3, 0.4) is 0 Å². The number of piperidine rings is 1. The second-order valence-electron chi connectivity index (χ2n) is 6.54. The maximum absolute atomic E-state index is 12.0. The van der Waals surface area contributed by atoms with Gasteiger partial charge < -0.3 is 15.0 Å². The van der Waals surface area contributed by atoms with Gasteiger partial charge in [0.05, 0.1) is 18.8 Å². The Morgan fingerprint density at radius 2 is 2.00 bits per heavy atom. The number of likely N-dealkylation sites (tertiary alicyclic amines) is 1. The Morgan fingerprint density at radius 3 is 2.70 bits per heavy atom. The van der Waals surface area contributed by atoms with Crippen molar-refractivity contribution in [2.24, 2.45) is 0 Å². The molecule has 0 aromatic carbocycles. The number of carbonyl (C=O) groups is 1. The Labute approximate surface area is 137 Å². The fourth-order valence-electron chi connectivity index (χ4n) is 3.70. The van der Waals surface area contributed by atoms with E-state index in [1.54, 1.807) is 13.3 Å². The van der Waals surface area contributed by atoms with Crippen molar-refractivity contribution in [3.63, 3.8) is 0 Å². The molecule has 1 saturated heterocycles.